The standard InChI is InChI=1S/C21H23FN2O4/c22-15-6-8-19-17(13-15)18(10-11-28-19)24-21(27)23-16(7-9-20(25)26)12-14-4-2-1-3-5-14/h1-6,8,13,16,18H,7,9-12H2,(H,25,26)(H2,23,24,27). The number of hydrogen-bond acceptors (Lipinski definition) is 3. The molecule has 2 amide bonds. The summed E-state index contributed by atoms with van der Waals surface area (Å²) in [5.74, 6) is -0.737. The molecule has 0 aromatic heterocycles. The molecule has 0 fully saturated rings. The average Bonchev–Trinajstić information content (AvgIpc) is 2.67. The quantitative estimate of drug-likeness (QED) is 0.680. The second-order valence-corrected chi connectivity index (χ2v) is 6.81. The largest absolute Gasteiger partial charge is 0.493 e. The molecule has 2 aromatic rings. The van der Waals surface area contributed by atoms with Crippen LogP contribution in [0.4, 0.5) is 9.18 Å². The molecule has 0 aliphatic carbocycles. The number of amides is 2. The van der Waals surface area contributed by atoms with Gasteiger partial charge in [0.2, 0.25) is 0 Å². The van der Waals surface area contributed by atoms with Gasteiger partial charge in [-0.2, -0.15) is 0 Å². The molecule has 0 spiro atoms. The van der Waals surface area contributed by atoms with E-state index in [1.807, 2.05) is 30.3 Å². The van der Waals surface area contributed by atoms with E-state index in [-0.39, 0.29) is 24.3 Å². The molecular weight excluding hydrogens is 363 g/mol. The number of aliphatic carboxylic acids is 1. The number of halogens is 1. The highest BCUT2D eigenvalue weighted by Gasteiger charge is 2.24. The van der Waals surface area contributed by atoms with Gasteiger partial charge < -0.3 is 20.5 Å². The topological polar surface area (TPSA) is 87.7 Å². The number of rotatable bonds is 7. The van der Waals surface area contributed by atoms with Gasteiger partial charge in [0.05, 0.1) is 12.6 Å². The lowest BCUT2D eigenvalue weighted by atomic mass is 10.00. The Kier molecular flexibility index (Phi) is 6.47. The number of carbonyl (C=O) groups excluding carboxylic acids is 1. The molecule has 6 nitrogen and oxygen atoms in total. The predicted octanol–water partition coefficient (Wildman–Crippen LogP) is 3.42. The summed E-state index contributed by atoms with van der Waals surface area (Å²) in [6.07, 6.45) is 1.34. The van der Waals surface area contributed by atoms with Crippen molar-refractivity contribution in [2.45, 2.75) is 37.8 Å². The lowest BCUT2D eigenvalue weighted by molar-refractivity contribution is -0.137. The van der Waals surface area contributed by atoms with Crippen molar-refractivity contribution < 1.29 is 23.8 Å². The van der Waals surface area contributed by atoms with Crippen LogP contribution >= 0.6 is 0 Å². The van der Waals surface area contributed by atoms with Crippen molar-refractivity contribution in [1.29, 1.82) is 0 Å². The molecule has 2 aromatic carbocycles. The molecule has 1 heterocycles. The van der Waals surface area contributed by atoms with Crippen molar-refractivity contribution in [3.8, 4) is 5.75 Å². The van der Waals surface area contributed by atoms with E-state index in [1.165, 1.54) is 12.1 Å². The van der Waals surface area contributed by atoms with Crippen molar-refractivity contribution in [3.63, 3.8) is 0 Å². The molecule has 0 saturated carbocycles. The Morgan fingerprint density at radius 1 is 1.21 bits per heavy atom. The maximum atomic E-state index is 13.6. The van der Waals surface area contributed by atoms with Gasteiger partial charge in [0.25, 0.3) is 0 Å². The second-order valence-electron chi connectivity index (χ2n) is 6.81. The van der Waals surface area contributed by atoms with Crippen molar-refractivity contribution >= 4 is 12.0 Å². The zero-order valence-corrected chi connectivity index (χ0v) is 15.4. The number of urea groups is 1. The number of ether oxygens (including phenoxy) is 1. The van der Waals surface area contributed by atoms with E-state index in [1.54, 1.807) is 6.07 Å². The molecular formula is C21H23FN2O4. The summed E-state index contributed by atoms with van der Waals surface area (Å²) < 4.78 is 19.1. The van der Waals surface area contributed by atoms with Crippen molar-refractivity contribution in [2.75, 3.05) is 6.61 Å². The van der Waals surface area contributed by atoms with Crippen LogP contribution in [0.5, 0.6) is 5.75 Å². The predicted molar refractivity (Wildman–Crippen MR) is 102 cm³/mol. The highest BCUT2D eigenvalue weighted by Crippen LogP contribution is 2.32. The third-order valence-electron chi connectivity index (χ3n) is 4.68. The SMILES string of the molecule is O=C(O)CCC(Cc1ccccc1)NC(=O)NC1CCOc2ccc(F)cc21. The average molecular weight is 386 g/mol. The van der Waals surface area contributed by atoms with Crippen molar-refractivity contribution in [1.82, 2.24) is 10.6 Å². The molecule has 148 valence electrons. The first-order valence-electron chi connectivity index (χ1n) is 9.26. The van der Waals surface area contributed by atoms with E-state index in [9.17, 15) is 14.0 Å². The van der Waals surface area contributed by atoms with Gasteiger partial charge in [-0.15, -0.1) is 0 Å². The monoisotopic (exact) mass is 386 g/mol. The van der Waals surface area contributed by atoms with E-state index in [2.05, 4.69) is 10.6 Å². The van der Waals surface area contributed by atoms with Crippen LogP contribution in [0.15, 0.2) is 48.5 Å². The van der Waals surface area contributed by atoms with Crippen LogP contribution in [-0.4, -0.2) is 29.8 Å². The number of hydrogen-bond donors (Lipinski definition) is 3. The number of nitrogens with one attached hydrogen (secondary N) is 2. The molecule has 2 atom stereocenters. The molecule has 0 bridgehead atoms. The zero-order valence-electron chi connectivity index (χ0n) is 15.4. The minimum absolute atomic E-state index is 0.0386. The molecule has 0 saturated heterocycles. The first-order valence-corrected chi connectivity index (χ1v) is 9.26. The molecule has 1 aliphatic rings. The maximum Gasteiger partial charge on any atom is 0.315 e. The van der Waals surface area contributed by atoms with Crippen LogP contribution in [0.2, 0.25) is 0 Å². The summed E-state index contributed by atoms with van der Waals surface area (Å²) in [5, 5.41) is 14.7. The van der Waals surface area contributed by atoms with Gasteiger partial charge in [0.1, 0.15) is 11.6 Å². The fourth-order valence-electron chi connectivity index (χ4n) is 3.32. The van der Waals surface area contributed by atoms with Crippen molar-refractivity contribution in [2.24, 2.45) is 0 Å². The summed E-state index contributed by atoms with van der Waals surface area (Å²) >= 11 is 0. The van der Waals surface area contributed by atoms with Crippen LogP contribution in [-0.2, 0) is 11.2 Å². The van der Waals surface area contributed by atoms with Crippen LogP contribution < -0.4 is 15.4 Å². The minimum Gasteiger partial charge on any atom is -0.493 e. The fraction of sp³-hybridized carbons (Fsp3) is 0.333. The summed E-state index contributed by atoms with van der Waals surface area (Å²) in [6.45, 7) is 0.427. The van der Waals surface area contributed by atoms with Crippen LogP contribution in [0.25, 0.3) is 0 Å². The third kappa shape index (κ3) is 5.45. The Balaban J connectivity index is 1.65. The number of carbonyl (C=O) groups is 2. The van der Waals surface area contributed by atoms with Gasteiger partial charge in [-0.1, -0.05) is 30.3 Å². The van der Waals surface area contributed by atoms with Gasteiger partial charge in [-0.3, -0.25) is 4.79 Å². The molecule has 1 aliphatic heterocycles. The summed E-state index contributed by atoms with van der Waals surface area (Å²) in [6, 6.07) is 12.7. The van der Waals surface area contributed by atoms with Crippen molar-refractivity contribution in [3.05, 3.63) is 65.5 Å². The lowest BCUT2D eigenvalue weighted by Crippen LogP contribution is -2.45. The molecule has 2 unspecified atom stereocenters. The summed E-state index contributed by atoms with van der Waals surface area (Å²) in [5.41, 5.74) is 1.61. The number of fused-ring (bicyclic) bond motifs is 1. The van der Waals surface area contributed by atoms with Gasteiger partial charge in [0, 0.05) is 24.4 Å². The fourth-order valence-corrected chi connectivity index (χ4v) is 3.32. The lowest BCUT2D eigenvalue weighted by Gasteiger charge is -2.28. The minimum atomic E-state index is -0.908. The second kappa shape index (κ2) is 9.21. The van der Waals surface area contributed by atoms with E-state index in [0.29, 0.717) is 37.2 Å². The molecule has 0 radical (unpaired) electrons. The summed E-state index contributed by atoms with van der Waals surface area (Å²) in [7, 11) is 0. The Morgan fingerprint density at radius 3 is 2.75 bits per heavy atom. The Morgan fingerprint density at radius 2 is 2.00 bits per heavy atom. The molecule has 7 heteroatoms. The zero-order chi connectivity index (χ0) is 19.9. The first-order chi connectivity index (χ1) is 13.5. The molecule has 3 N–H and O–H groups in total. The number of carboxylic acids is 1. The van der Waals surface area contributed by atoms with Crippen LogP contribution in [0, 0.1) is 5.82 Å². The normalized spacial score (nSPS) is 16.4. The molecule has 28 heavy (non-hydrogen) atoms. The number of benzene rings is 2. The van der Waals surface area contributed by atoms with Crippen LogP contribution in [0.3, 0.4) is 0 Å². The Hall–Kier alpha value is -3.09. The maximum absolute atomic E-state index is 13.6. The van der Waals surface area contributed by atoms with E-state index >= 15 is 0 Å². The van der Waals surface area contributed by atoms with E-state index in [4.69, 9.17) is 9.84 Å². The smallest absolute Gasteiger partial charge is 0.315 e. The Bertz CT molecular complexity index is 828. The Labute approximate surface area is 162 Å². The molecule has 3 rings (SSSR count). The third-order valence-corrected chi connectivity index (χ3v) is 4.68. The van der Waals surface area contributed by atoms with Crippen LogP contribution in [0.1, 0.15) is 36.4 Å². The number of carboxylic acid groups (broad SMARTS) is 1. The first kappa shape index (κ1) is 19.7. The van der Waals surface area contributed by atoms with E-state index < -0.39 is 12.0 Å². The van der Waals surface area contributed by atoms with E-state index in [0.717, 1.165) is 5.56 Å². The van der Waals surface area contributed by atoms with Gasteiger partial charge >= 0.3 is 12.0 Å². The van der Waals surface area contributed by atoms with Gasteiger partial charge in [-0.25, -0.2) is 9.18 Å². The highest BCUT2D eigenvalue weighted by atomic mass is 19.1. The highest BCUT2D eigenvalue weighted by molar-refractivity contribution is 5.75. The van der Waals surface area contributed by atoms with Gasteiger partial charge in [0.15, 0.2) is 0 Å². The summed E-state index contributed by atoms with van der Waals surface area (Å²) in [4.78, 5) is 23.5. The van der Waals surface area contributed by atoms with Gasteiger partial charge in [-0.05, 0) is 36.6 Å².